The van der Waals surface area contributed by atoms with Crippen LogP contribution < -0.4 is 20.7 Å². The van der Waals surface area contributed by atoms with Crippen LogP contribution in [-0.4, -0.2) is 37.6 Å². The van der Waals surface area contributed by atoms with Crippen molar-refractivity contribution in [2.24, 2.45) is 4.99 Å². The van der Waals surface area contributed by atoms with Crippen LogP contribution >= 0.6 is 24.0 Å². The van der Waals surface area contributed by atoms with Gasteiger partial charge in [-0.05, 0) is 61.6 Å². The molecule has 0 aliphatic heterocycles. The van der Waals surface area contributed by atoms with Gasteiger partial charge in [-0.2, -0.15) is 0 Å². The third-order valence-electron chi connectivity index (χ3n) is 4.57. The van der Waals surface area contributed by atoms with E-state index in [9.17, 15) is 9.18 Å². The van der Waals surface area contributed by atoms with Gasteiger partial charge in [0.1, 0.15) is 11.6 Å². The minimum absolute atomic E-state index is 0. The Labute approximate surface area is 200 Å². The van der Waals surface area contributed by atoms with Crippen LogP contribution in [0.4, 0.5) is 4.39 Å². The number of halogens is 2. The highest BCUT2D eigenvalue weighted by Crippen LogP contribution is 2.18. The molecular weight excluding hydrogens is 510 g/mol. The van der Waals surface area contributed by atoms with Crippen LogP contribution in [0.5, 0.6) is 5.75 Å². The molecule has 3 rings (SSSR count). The molecule has 0 spiro atoms. The summed E-state index contributed by atoms with van der Waals surface area (Å²) >= 11 is 0. The van der Waals surface area contributed by atoms with E-state index < -0.39 is 0 Å². The van der Waals surface area contributed by atoms with E-state index in [1.165, 1.54) is 6.07 Å². The van der Waals surface area contributed by atoms with Gasteiger partial charge in [0.05, 0.1) is 6.54 Å². The van der Waals surface area contributed by atoms with Gasteiger partial charge in [-0.1, -0.05) is 24.3 Å². The first-order valence-corrected chi connectivity index (χ1v) is 10.4. The number of nitrogens with zero attached hydrogens (tertiary/aromatic N) is 1. The summed E-state index contributed by atoms with van der Waals surface area (Å²) in [7, 11) is 0. The first-order chi connectivity index (χ1) is 14.6. The van der Waals surface area contributed by atoms with Crippen molar-refractivity contribution in [2.45, 2.75) is 38.8 Å². The first-order valence-electron chi connectivity index (χ1n) is 10.4. The van der Waals surface area contributed by atoms with Crippen LogP contribution in [0, 0.1) is 5.82 Å². The summed E-state index contributed by atoms with van der Waals surface area (Å²) in [6.45, 7) is 3.89. The first kappa shape index (κ1) is 24.9. The molecule has 0 saturated heterocycles. The predicted molar refractivity (Wildman–Crippen MR) is 131 cm³/mol. The SMILES string of the molecule is CCNC(=NCc1cccc(OCC(=O)NC2CC2)c1)NCCc1cccc(F)c1.I. The molecule has 8 heteroatoms. The van der Waals surface area contributed by atoms with Crippen LogP contribution in [0.15, 0.2) is 53.5 Å². The molecule has 31 heavy (non-hydrogen) atoms. The molecule has 0 radical (unpaired) electrons. The van der Waals surface area contributed by atoms with Crippen LogP contribution in [0.1, 0.15) is 30.9 Å². The molecule has 0 aromatic heterocycles. The summed E-state index contributed by atoms with van der Waals surface area (Å²) in [5.41, 5.74) is 1.92. The molecule has 168 valence electrons. The molecule has 0 heterocycles. The number of rotatable bonds is 10. The highest BCUT2D eigenvalue weighted by atomic mass is 127. The van der Waals surface area contributed by atoms with Gasteiger partial charge in [0.25, 0.3) is 5.91 Å². The number of ether oxygens (including phenoxy) is 1. The van der Waals surface area contributed by atoms with Gasteiger partial charge >= 0.3 is 0 Å². The van der Waals surface area contributed by atoms with E-state index in [-0.39, 0.29) is 42.3 Å². The van der Waals surface area contributed by atoms with E-state index in [4.69, 9.17) is 4.74 Å². The Balaban J connectivity index is 0.00000341. The Kier molecular flexibility index (Phi) is 10.6. The Morgan fingerprint density at radius 3 is 2.65 bits per heavy atom. The summed E-state index contributed by atoms with van der Waals surface area (Å²) in [6, 6.07) is 14.5. The number of carbonyl (C=O) groups excluding carboxylic acids is 1. The maximum absolute atomic E-state index is 13.3. The molecule has 1 aliphatic carbocycles. The lowest BCUT2D eigenvalue weighted by Crippen LogP contribution is -2.38. The minimum atomic E-state index is -0.222. The van der Waals surface area contributed by atoms with E-state index in [0.717, 1.165) is 30.5 Å². The van der Waals surface area contributed by atoms with Crippen LogP contribution in [0.3, 0.4) is 0 Å². The summed E-state index contributed by atoms with van der Waals surface area (Å²) < 4.78 is 18.9. The lowest BCUT2D eigenvalue weighted by Gasteiger charge is -2.12. The van der Waals surface area contributed by atoms with Gasteiger partial charge in [-0.15, -0.1) is 24.0 Å². The zero-order valence-corrected chi connectivity index (χ0v) is 20.0. The largest absolute Gasteiger partial charge is 0.484 e. The molecule has 1 fully saturated rings. The molecule has 1 amide bonds. The molecule has 6 nitrogen and oxygen atoms in total. The molecule has 1 saturated carbocycles. The molecule has 0 atom stereocenters. The number of guanidine groups is 1. The zero-order valence-electron chi connectivity index (χ0n) is 17.7. The second kappa shape index (κ2) is 13.1. The number of hydrogen-bond donors (Lipinski definition) is 3. The third-order valence-corrected chi connectivity index (χ3v) is 4.57. The minimum Gasteiger partial charge on any atom is -0.484 e. The van der Waals surface area contributed by atoms with Crippen molar-refractivity contribution in [3.63, 3.8) is 0 Å². The van der Waals surface area contributed by atoms with E-state index in [1.54, 1.807) is 12.1 Å². The van der Waals surface area contributed by atoms with Crippen molar-refractivity contribution in [1.82, 2.24) is 16.0 Å². The number of amides is 1. The number of benzene rings is 2. The highest BCUT2D eigenvalue weighted by molar-refractivity contribution is 14.0. The van der Waals surface area contributed by atoms with Gasteiger partial charge in [-0.25, -0.2) is 9.38 Å². The highest BCUT2D eigenvalue weighted by Gasteiger charge is 2.23. The average Bonchev–Trinajstić information content (AvgIpc) is 3.55. The normalized spacial score (nSPS) is 13.2. The van der Waals surface area contributed by atoms with Gasteiger partial charge in [-0.3, -0.25) is 4.79 Å². The van der Waals surface area contributed by atoms with Gasteiger partial charge in [0.15, 0.2) is 12.6 Å². The second-order valence-electron chi connectivity index (χ2n) is 7.28. The van der Waals surface area contributed by atoms with Gasteiger partial charge < -0.3 is 20.7 Å². The van der Waals surface area contributed by atoms with E-state index in [0.29, 0.717) is 37.3 Å². The molecule has 2 aromatic carbocycles. The summed E-state index contributed by atoms with van der Waals surface area (Å²) in [5, 5.41) is 9.38. The Morgan fingerprint density at radius 1 is 1.13 bits per heavy atom. The van der Waals surface area contributed by atoms with E-state index in [1.807, 2.05) is 37.3 Å². The standard InChI is InChI=1S/C23H29FN4O2.HI/c1-2-25-23(26-12-11-17-5-3-7-19(24)13-17)27-15-18-6-4-8-21(14-18)30-16-22(29)28-20-9-10-20;/h3-8,13-14,20H,2,9-12,15-16H2,1H3,(H,28,29)(H2,25,26,27);1H. The Hall–Kier alpha value is -2.36. The Bertz CT molecular complexity index is 874. The molecule has 0 bridgehead atoms. The Morgan fingerprint density at radius 2 is 1.90 bits per heavy atom. The zero-order chi connectivity index (χ0) is 21.2. The summed E-state index contributed by atoms with van der Waals surface area (Å²) in [6.07, 6.45) is 2.82. The molecular formula is C23H30FIN4O2. The van der Waals surface area contributed by atoms with Crippen molar-refractivity contribution in [3.8, 4) is 5.75 Å². The fourth-order valence-corrected chi connectivity index (χ4v) is 2.91. The monoisotopic (exact) mass is 540 g/mol. The maximum Gasteiger partial charge on any atom is 0.258 e. The fraction of sp³-hybridized carbons (Fsp3) is 0.391. The topological polar surface area (TPSA) is 74.8 Å². The number of hydrogen-bond acceptors (Lipinski definition) is 3. The van der Waals surface area contributed by atoms with Crippen molar-refractivity contribution in [1.29, 1.82) is 0 Å². The van der Waals surface area contributed by atoms with Crippen molar-refractivity contribution in [2.75, 3.05) is 19.7 Å². The van der Waals surface area contributed by atoms with E-state index >= 15 is 0 Å². The van der Waals surface area contributed by atoms with Crippen molar-refractivity contribution in [3.05, 3.63) is 65.5 Å². The van der Waals surface area contributed by atoms with Crippen molar-refractivity contribution < 1.29 is 13.9 Å². The predicted octanol–water partition coefficient (Wildman–Crippen LogP) is 3.40. The van der Waals surface area contributed by atoms with Gasteiger partial charge in [0.2, 0.25) is 0 Å². The van der Waals surface area contributed by atoms with Crippen molar-refractivity contribution >= 4 is 35.8 Å². The van der Waals surface area contributed by atoms with E-state index in [2.05, 4.69) is 20.9 Å². The maximum atomic E-state index is 13.3. The van der Waals surface area contributed by atoms with Crippen LogP contribution in [0.2, 0.25) is 0 Å². The second-order valence-corrected chi connectivity index (χ2v) is 7.28. The average molecular weight is 540 g/mol. The van der Waals surface area contributed by atoms with Crippen LogP contribution in [-0.2, 0) is 17.8 Å². The lowest BCUT2D eigenvalue weighted by atomic mass is 10.1. The number of nitrogens with one attached hydrogen (secondary N) is 3. The smallest absolute Gasteiger partial charge is 0.258 e. The third kappa shape index (κ3) is 9.54. The number of aliphatic imine (C=N–C) groups is 1. The lowest BCUT2D eigenvalue weighted by molar-refractivity contribution is -0.123. The van der Waals surface area contributed by atoms with Gasteiger partial charge in [0, 0.05) is 19.1 Å². The molecule has 0 unspecified atom stereocenters. The van der Waals surface area contributed by atoms with Crippen LogP contribution in [0.25, 0.3) is 0 Å². The quantitative estimate of drug-likeness (QED) is 0.246. The summed E-state index contributed by atoms with van der Waals surface area (Å²) in [4.78, 5) is 16.4. The summed E-state index contributed by atoms with van der Waals surface area (Å²) in [5.74, 6) is 1.04. The fourth-order valence-electron chi connectivity index (χ4n) is 2.91. The number of carbonyl (C=O) groups is 1. The molecule has 2 aromatic rings. The molecule has 1 aliphatic rings. The molecule has 3 N–H and O–H groups in total.